The first-order chi connectivity index (χ1) is 10.7. The maximum absolute atomic E-state index is 12.0. The van der Waals surface area contributed by atoms with Crippen LogP contribution in [0.2, 0.25) is 0 Å². The van der Waals surface area contributed by atoms with E-state index in [9.17, 15) is 4.79 Å². The van der Waals surface area contributed by atoms with Crippen molar-refractivity contribution in [2.24, 2.45) is 16.3 Å². The lowest BCUT2D eigenvalue weighted by molar-refractivity contribution is -0.133. The van der Waals surface area contributed by atoms with E-state index >= 15 is 0 Å². The second-order valence-electron chi connectivity index (χ2n) is 7.61. The van der Waals surface area contributed by atoms with Gasteiger partial charge in [-0.15, -0.1) is 24.0 Å². The molecule has 0 bridgehead atoms. The first-order valence-electron chi connectivity index (χ1n) is 8.47. The molecule has 0 aromatic rings. The Bertz CT molecular complexity index is 421. The Morgan fingerprint density at radius 1 is 1.38 bits per heavy atom. The summed E-state index contributed by atoms with van der Waals surface area (Å²) in [6, 6.07) is 0.250. The van der Waals surface area contributed by atoms with Crippen molar-refractivity contribution < 1.29 is 9.53 Å². The molecule has 0 radical (unpaired) electrons. The molecule has 0 aromatic heterocycles. The second kappa shape index (κ2) is 10.4. The quantitative estimate of drug-likeness (QED) is 0.380. The fourth-order valence-electron chi connectivity index (χ4n) is 2.76. The Morgan fingerprint density at radius 2 is 2.00 bits per heavy atom. The van der Waals surface area contributed by atoms with Gasteiger partial charge >= 0.3 is 0 Å². The van der Waals surface area contributed by atoms with Gasteiger partial charge in [0, 0.05) is 45.8 Å². The summed E-state index contributed by atoms with van der Waals surface area (Å²) < 4.78 is 5.56. The van der Waals surface area contributed by atoms with Crippen LogP contribution in [0.1, 0.15) is 41.0 Å². The molecule has 2 N–H and O–H groups in total. The van der Waals surface area contributed by atoms with Crippen LogP contribution < -0.4 is 10.6 Å². The van der Waals surface area contributed by atoms with Crippen LogP contribution in [0.4, 0.5) is 0 Å². The third-order valence-corrected chi connectivity index (χ3v) is 4.26. The molecule has 7 heteroatoms. The van der Waals surface area contributed by atoms with Crippen molar-refractivity contribution >= 4 is 35.8 Å². The number of amides is 1. The number of hydrogen-bond acceptors (Lipinski definition) is 3. The highest BCUT2D eigenvalue weighted by atomic mass is 127. The average Bonchev–Trinajstić information content (AvgIpc) is 2.92. The third kappa shape index (κ3) is 7.13. The van der Waals surface area contributed by atoms with Crippen molar-refractivity contribution in [3.8, 4) is 0 Å². The van der Waals surface area contributed by atoms with Crippen LogP contribution in [0.3, 0.4) is 0 Å². The van der Waals surface area contributed by atoms with Gasteiger partial charge in [-0.1, -0.05) is 34.6 Å². The minimum absolute atomic E-state index is 0. The van der Waals surface area contributed by atoms with Gasteiger partial charge in [0.05, 0.1) is 6.10 Å². The highest BCUT2D eigenvalue weighted by molar-refractivity contribution is 14.0. The number of halogens is 1. The van der Waals surface area contributed by atoms with E-state index in [4.69, 9.17) is 4.74 Å². The summed E-state index contributed by atoms with van der Waals surface area (Å²) >= 11 is 0. The van der Waals surface area contributed by atoms with Crippen LogP contribution >= 0.6 is 24.0 Å². The Morgan fingerprint density at radius 3 is 2.46 bits per heavy atom. The first-order valence-corrected chi connectivity index (χ1v) is 8.47. The van der Waals surface area contributed by atoms with Gasteiger partial charge in [-0.2, -0.15) is 0 Å². The Hall–Kier alpha value is -0.570. The van der Waals surface area contributed by atoms with Crippen molar-refractivity contribution in [2.45, 2.75) is 53.2 Å². The van der Waals surface area contributed by atoms with Gasteiger partial charge in [0.25, 0.3) is 0 Å². The highest BCUT2D eigenvalue weighted by Crippen LogP contribution is 2.21. The smallest absolute Gasteiger partial charge is 0.225 e. The van der Waals surface area contributed by atoms with E-state index in [0.29, 0.717) is 6.54 Å². The van der Waals surface area contributed by atoms with E-state index in [2.05, 4.69) is 36.4 Å². The SMILES string of the molecule is CN=C(NCC(OC)C(C)(C)C)NC1CCN(C(=O)C(C)C)C1.I. The third-order valence-electron chi connectivity index (χ3n) is 4.26. The number of guanidine groups is 1. The molecule has 1 saturated heterocycles. The summed E-state index contributed by atoms with van der Waals surface area (Å²) in [5.74, 6) is 1.05. The molecule has 1 aliphatic rings. The molecule has 6 nitrogen and oxygen atoms in total. The summed E-state index contributed by atoms with van der Waals surface area (Å²) in [5.41, 5.74) is 0.0639. The summed E-state index contributed by atoms with van der Waals surface area (Å²) in [5, 5.41) is 6.74. The van der Waals surface area contributed by atoms with Crippen LogP contribution in [-0.4, -0.2) is 62.7 Å². The fraction of sp³-hybridized carbons (Fsp3) is 0.882. The van der Waals surface area contributed by atoms with E-state index in [1.54, 1.807) is 14.2 Å². The minimum atomic E-state index is 0. The lowest BCUT2D eigenvalue weighted by Crippen LogP contribution is -2.49. The number of carbonyl (C=O) groups excluding carboxylic acids is 1. The van der Waals surface area contributed by atoms with E-state index in [0.717, 1.165) is 25.5 Å². The molecule has 1 aliphatic heterocycles. The van der Waals surface area contributed by atoms with Crippen LogP contribution in [0, 0.1) is 11.3 Å². The van der Waals surface area contributed by atoms with E-state index in [1.165, 1.54) is 0 Å². The van der Waals surface area contributed by atoms with Crippen LogP contribution in [0.15, 0.2) is 4.99 Å². The predicted octanol–water partition coefficient (Wildman–Crippen LogP) is 2.09. The average molecular weight is 454 g/mol. The summed E-state index contributed by atoms with van der Waals surface area (Å²) in [6.07, 6.45) is 1.05. The highest BCUT2D eigenvalue weighted by Gasteiger charge is 2.28. The fourth-order valence-corrected chi connectivity index (χ4v) is 2.76. The number of methoxy groups -OCH3 is 1. The Balaban J connectivity index is 0.00000529. The van der Waals surface area contributed by atoms with Gasteiger partial charge < -0.3 is 20.3 Å². The molecular weight excluding hydrogens is 419 g/mol. The standard InChI is InChI=1S/C17H34N4O2.HI/c1-12(2)15(22)21-9-8-13(11-21)20-16(18-6)19-10-14(23-7)17(3,4)5;/h12-14H,8-11H2,1-7H3,(H2,18,19,20);1H. The zero-order valence-electron chi connectivity index (χ0n) is 16.2. The summed E-state index contributed by atoms with van der Waals surface area (Å²) in [6.45, 7) is 12.6. The zero-order valence-corrected chi connectivity index (χ0v) is 18.5. The van der Waals surface area contributed by atoms with Crippen molar-refractivity contribution in [1.82, 2.24) is 15.5 Å². The molecule has 1 fully saturated rings. The van der Waals surface area contributed by atoms with Gasteiger partial charge in [-0.25, -0.2) is 0 Å². The predicted molar refractivity (Wildman–Crippen MR) is 110 cm³/mol. The molecule has 0 spiro atoms. The maximum atomic E-state index is 12.0. The minimum Gasteiger partial charge on any atom is -0.379 e. The number of nitrogens with one attached hydrogen (secondary N) is 2. The monoisotopic (exact) mass is 454 g/mol. The normalized spacial score (nSPS) is 19.9. The van der Waals surface area contributed by atoms with Gasteiger partial charge in [-0.05, 0) is 11.8 Å². The first kappa shape index (κ1) is 23.4. The number of likely N-dealkylation sites (tertiary alicyclic amines) is 1. The topological polar surface area (TPSA) is 66.0 Å². The van der Waals surface area contributed by atoms with E-state index in [1.807, 2.05) is 18.7 Å². The number of rotatable bonds is 5. The number of nitrogens with zero attached hydrogens (tertiary/aromatic N) is 2. The molecule has 0 aromatic carbocycles. The molecule has 1 amide bonds. The van der Waals surface area contributed by atoms with Gasteiger partial charge in [-0.3, -0.25) is 9.79 Å². The van der Waals surface area contributed by atoms with Crippen molar-refractivity contribution in [3.05, 3.63) is 0 Å². The van der Waals surface area contributed by atoms with Crippen LogP contribution in [0.5, 0.6) is 0 Å². The molecule has 1 rings (SSSR count). The number of carbonyl (C=O) groups is 1. The van der Waals surface area contributed by atoms with Crippen molar-refractivity contribution in [2.75, 3.05) is 33.8 Å². The largest absolute Gasteiger partial charge is 0.379 e. The molecule has 2 atom stereocenters. The van der Waals surface area contributed by atoms with Crippen LogP contribution in [-0.2, 0) is 9.53 Å². The van der Waals surface area contributed by atoms with Crippen LogP contribution in [0.25, 0.3) is 0 Å². The molecule has 0 saturated carbocycles. The van der Waals surface area contributed by atoms with Gasteiger partial charge in [0.1, 0.15) is 0 Å². The molecule has 0 aliphatic carbocycles. The lowest BCUT2D eigenvalue weighted by Gasteiger charge is -2.30. The molecular formula is C17H35IN4O2. The maximum Gasteiger partial charge on any atom is 0.225 e. The number of ether oxygens (including phenoxy) is 1. The zero-order chi connectivity index (χ0) is 17.6. The number of aliphatic imine (C=N–C) groups is 1. The van der Waals surface area contributed by atoms with Crippen molar-refractivity contribution in [3.63, 3.8) is 0 Å². The second-order valence-corrected chi connectivity index (χ2v) is 7.61. The van der Waals surface area contributed by atoms with Gasteiger partial charge in [0.2, 0.25) is 5.91 Å². The molecule has 142 valence electrons. The lowest BCUT2D eigenvalue weighted by atomic mass is 9.89. The molecule has 2 unspecified atom stereocenters. The van der Waals surface area contributed by atoms with Crippen molar-refractivity contribution in [1.29, 1.82) is 0 Å². The molecule has 24 heavy (non-hydrogen) atoms. The Labute approximate surface area is 164 Å². The number of hydrogen-bond donors (Lipinski definition) is 2. The summed E-state index contributed by atoms with van der Waals surface area (Å²) in [4.78, 5) is 18.3. The van der Waals surface area contributed by atoms with E-state index < -0.39 is 0 Å². The Kier molecular flexibility index (Phi) is 10.2. The summed E-state index contributed by atoms with van der Waals surface area (Å²) in [7, 11) is 3.50. The van der Waals surface area contributed by atoms with E-state index in [-0.39, 0.29) is 53.4 Å². The van der Waals surface area contributed by atoms with Gasteiger partial charge in [0.15, 0.2) is 5.96 Å². The molecule has 1 heterocycles.